The number of methoxy groups -OCH3 is 3. The van der Waals surface area contributed by atoms with Crippen LogP contribution in [0.1, 0.15) is 17.4 Å². The number of aromatic amines is 1. The molecule has 0 amide bonds. The number of para-hydroxylation sites is 2. The third-order valence-corrected chi connectivity index (χ3v) is 8.78. The van der Waals surface area contributed by atoms with E-state index in [1.165, 1.54) is 5.56 Å². The number of H-pyrrole nitrogens is 1. The monoisotopic (exact) mass is 700 g/mol. The normalized spacial score (nSPS) is 12.0. The van der Waals surface area contributed by atoms with E-state index in [0.29, 0.717) is 16.4 Å². The summed E-state index contributed by atoms with van der Waals surface area (Å²) in [5.74, 6) is 2.16. The second kappa shape index (κ2) is 14.6. The van der Waals surface area contributed by atoms with Crippen molar-refractivity contribution in [2.24, 2.45) is 0 Å². The summed E-state index contributed by atoms with van der Waals surface area (Å²) < 4.78 is 18.3. The molecule has 4 aromatic heterocycles. The van der Waals surface area contributed by atoms with E-state index in [4.69, 9.17) is 30.8 Å². The molecule has 8 rings (SSSR count). The van der Waals surface area contributed by atoms with E-state index in [1.54, 1.807) is 26.0 Å². The molecule has 0 saturated carbocycles. The minimum atomic E-state index is -0.342. The first kappa shape index (κ1) is 33.7. The number of benzene rings is 4. The number of nitrogens with zero attached hydrogens (tertiary/aromatic N) is 6. The first-order chi connectivity index (χ1) is 24.9. The molecule has 4 heterocycles. The third-order valence-electron chi connectivity index (χ3n) is 8.52. The van der Waals surface area contributed by atoms with Gasteiger partial charge in [-0.1, -0.05) is 78.3 Å². The van der Waals surface area contributed by atoms with Crippen molar-refractivity contribution in [3.8, 4) is 11.5 Å². The summed E-state index contributed by atoms with van der Waals surface area (Å²) in [7, 11) is 9.06. The van der Waals surface area contributed by atoms with Gasteiger partial charge in [0.05, 0.1) is 20.4 Å². The van der Waals surface area contributed by atoms with Gasteiger partial charge in [-0.15, -0.1) is 0 Å². The highest BCUT2D eigenvalue weighted by molar-refractivity contribution is 6.35. The Balaban J connectivity index is 0.000000159. The Morgan fingerprint density at radius 2 is 1.43 bits per heavy atom. The number of anilines is 2. The summed E-state index contributed by atoms with van der Waals surface area (Å²) in [5.41, 5.74) is 6.30. The molecule has 0 radical (unpaired) electrons. The van der Waals surface area contributed by atoms with E-state index in [1.807, 2.05) is 79.1 Å². The lowest BCUT2D eigenvalue weighted by atomic mass is 10.1. The number of fused-ring (bicyclic) bond motifs is 6. The zero-order valence-electron chi connectivity index (χ0n) is 28.9. The van der Waals surface area contributed by atoms with Gasteiger partial charge in [0.15, 0.2) is 17.2 Å². The molecule has 0 saturated heterocycles. The number of hydrogen-bond donors (Lipinski definition) is 2. The molecular weight excluding hydrogens is 664 g/mol. The topological polar surface area (TPSA) is 115 Å². The minimum Gasteiger partial charge on any atom is -0.494 e. The first-order valence-corrected chi connectivity index (χ1v) is 16.7. The van der Waals surface area contributed by atoms with Crippen molar-refractivity contribution < 1.29 is 14.2 Å². The highest BCUT2D eigenvalue weighted by Gasteiger charge is 2.19. The quantitative estimate of drug-likeness (QED) is 0.143. The highest BCUT2D eigenvalue weighted by Crippen LogP contribution is 2.35. The second-order valence-corrected chi connectivity index (χ2v) is 12.5. The molecule has 1 atom stereocenters. The van der Waals surface area contributed by atoms with Crippen LogP contribution in [0.15, 0.2) is 103 Å². The van der Waals surface area contributed by atoms with E-state index in [0.717, 1.165) is 67.5 Å². The van der Waals surface area contributed by atoms with Crippen LogP contribution in [-0.2, 0) is 11.3 Å². The standard InChI is InChI=1S/C20H21N5O.C19H16ClN3O2/c1-25(2)12-13-7-9-14(10-8-13)22-20-19-16(11-21-24-19)15-5-4-6-17(26-3)18(15)23-20;1-24-15-10-6-9-13-14-11-23(22-17(14)18(20)21-16(13)15)19(25-2)12-7-4-3-5-8-12/h4-11H,12H2,1-3H3,(H,21,24)(H,22,23);3-11,19H,1-2H3. The largest absolute Gasteiger partial charge is 0.494 e. The van der Waals surface area contributed by atoms with E-state index >= 15 is 0 Å². The number of halogens is 1. The number of ether oxygens (including phenoxy) is 3. The maximum Gasteiger partial charge on any atom is 0.175 e. The summed E-state index contributed by atoms with van der Waals surface area (Å²) in [4.78, 5) is 11.4. The van der Waals surface area contributed by atoms with Crippen LogP contribution in [-0.4, -0.2) is 70.3 Å². The fraction of sp³-hybridized carbons (Fsp3) is 0.179. The molecule has 0 aliphatic rings. The van der Waals surface area contributed by atoms with Gasteiger partial charge in [-0.3, -0.25) is 5.10 Å². The number of pyridine rings is 2. The average Bonchev–Trinajstić information content (AvgIpc) is 3.83. The molecule has 0 spiro atoms. The Hall–Kier alpha value is -5.75. The maximum atomic E-state index is 6.39. The Morgan fingerprint density at radius 1 is 0.765 bits per heavy atom. The van der Waals surface area contributed by atoms with Crippen LogP contribution in [0.2, 0.25) is 5.15 Å². The lowest BCUT2D eigenvalue weighted by Crippen LogP contribution is -2.13. The number of rotatable bonds is 9. The summed E-state index contributed by atoms with van der Waals surface area (Å²) in [5, 5.41) is 19.5. The Kier molecular flexibility index (Phi) is 9.67. The summed E-state index contributed by atoms with van der Waals surface area (Å²) in [6.45, 7) is 0.913. The van der Waals surface area contributed by atoms with E-state index in [-0.39, 0.29) is 6.23 Å². The molecule has 1 unspecified atom stereocenters. The molecule has 258 valence electrons. The van der Waals surface area contributed by atoms with E-state index in [9.17, 15) is 0 Å². The van der Waals surface area contributed by atoms with Gasteiger partial charge in [-0.05, 0) is 43.9 Å². The summed E-state index contributed by atoms with van der Waals surface area (Å²) in [6, 6.07) is 30.0. The van der Waals surface area contributed by atoms with Crippen molar-refractivity contribution in [3.05, 3.63) is 120 Å². The van der Waals surface area contributed by atoms with Gasteiger partial charge in [0.1, 0.15) is 33.6 Å². The van der Waals surface area contributed by atoms with Gasteiger partial charge in [0.25, 0.3) is 0 Å². The minimum absolute atomic E-state index is 0.341. The lowest BCUT2D eigenvalue weighted by molar-refractivity contribution is 0.0687. The summed E-state index contributed by atoms with van der Waals surface area (Å²) >= 11 is 6.39. The SMILES string of the molecule is COc1cccc2c1nc(Cl)c1nn(C(OC)c3ccccc3)cc12.COc1cccc2c1nc(Nc1ccc(CN(C)C)cc1)c1[nH]ncc12. The molecule has 0 aliphatic heterocycles. The Bertz CT molecular complexity index is 2450. The third kappa shape index (κ3) is 6.74. The van der Waals surface area contributed by atoms with Crippen molar-refractivity contribution >= 4 is 66.7 Å². The van der Waals surface area contributed by atoms with Crippen LogP contribution in [0.3, 0.4) is 0 Å². The van der Waals surface area contributed by atoms with E-state index < -0.39 is 0 Å². The second-order valence-electron chi connectivity index (χ2n) is 12.2. The number of aromatic nitrogens is 6. The fourth-order valence-electron chi connectivity index (χ4n) is 6.19. The van der Waals surface area contributed by atoms with Gasteiger partial charge in [0, 0.05) is 52.6 Å². The van der Waals surface area contributed by atoms with Crippen molar-refractivity contribution in [1.82, 2.24) is 34.8 Å². The van der Waals surface area contributed by atoms with Crippen LogP contribution in [0.25, 0.3) is 43.6 Å². The van der Waals surface area contributed by atoms with Gasteiger partial charge in [0.2, 0.25) is 0 Å². The van der Waals surface area contributed by atoms with Crippen LogP contribution >= 0.6 is 11.6 Å². The molecule has 51 heavy (non-hydrogen) atoms. The molecule has 0 aliphatic carbocycles. The smallest absolute Gasteiger partial charge is 0.175 e. The number of nitrogens with one attached hydrogen (secondary N) is 2. The first-order valence-electron chi connectivity index (χ1n) is 16.3. The molecular formula is C39H37ClN8O3. The molecule has 4 aromatic carbocycles. The Morgan fingerprint density at radius 3 is 2.08 bits per heavy atom. The average molecular weight is 701 g/mol. The van der Waals surface area contributed by atoms with Gasteiger partial charge < -0.3 is 24.4 Å². The predicted octanol–water partition coefficient (Wildman–Crippen LogP) is 8.36. The van der Waals surface area contributed by atoms with Crippen molar-refractivity contribution in [1.29, 1.82) is 0 Å². The fourth-order valence-corrected chi connectivity index (χ4v) is 6.41. The van der Waals surface area contributed by atoms with Crippen LogP contribution in [0, 0.1) is 0 Å². The zero-order valence-corrected chi connectivity index (χ0v) is 29.6. The van der Waals surface area contributed by atoms with E-state index in [2.05, 4.69) is 68.9 Å². The zero-order chi connectivity index (χ0) is 35.5. The van der Waals surface area contributed by atoms with Crippen molar-refractivity contribution in [3.63, 3.8) is 0 Å². The summed E-state index contributed by atoms with van der Waals surface area (Å²) in [6.07, 6.45) is 3.42. The van der Waals surface area contributed by atoms with Crippen LogP contribution in [0.5, 0.6) is 11.5 Å². The van der Waals surface area contributed by atoms with Gasteiger partial charge in [-0.2, -0.15) is 10.2 Å². The Labute approximate surface area is 299 Å². The lowest BCUT2D eigenvalue weighted by Gasteiger charge is -2.15. The molecule has 11 nitrogen and oxygen atoms in total. The van der Waals surface area contributed by atoms with Crippen LogP contribution in [0.4, 0.5) is 11.5 Å². The highest BCUT2D eigenvalue weighted by atomic mass is 35.5. The predicted molar refractivity (Wildman–Crippen MR) is 203 cm³/mol. The number of hydrogen-bond acceptors (Lipinski definition) is 9. The van der Waals surface area contributed by atoms with Crippen molar-refractivity contribution in [2.75, 3.05) is 40.7 Å². The maximum absolute atomic E-state index is 6.39. The molecule has 12 heteroatoms. The molecule has 8 aromatic rings. The van der Waals surface area contributed by atoms with Gasteiger partial charge in [-0.25, -0.2) is 14.6 Å². The van der Waals surface area contributed by atoms with Gasteiger partial charge >= 0.3 is 0 Å². The molecule has 0 bridgehead atoms. The molecule has 2 N–H and O–H groups in total. The molecule has 0 fully saturated rings. The van der Waals surface area contributed by atoms with Crippen molar-refractivity contribution in [2.45, 2.75) is 12.8 Å². The van der Waals surface area contributed by atoms with Crippen LogP contribution < -0.4 is 14.8 Å².